The van der Waals surface area contributed by atoms with E-state index < -0.39 is 29.4 Å². The van der Waals surface area contributed by atoms with E-state index in [2.05, 4.69) is 4.74 Å². The minimum atomic E-state index is -0.773. The summed E-state index contributed by atoms with van der Waals surface area (Å²) in [6.45, 7) is 2.29. The van der Waals surface area contributed by atoms with Crippen molar-refractivity contribution < 1.29 is 23.1 Å². The molecule has 1 amide bonds. The van der Waals surface area contributed by atoms with Gasteiger partial charge in [-0.3, -0.25) is 9.59 Å². The molecule has 1 saturated heterocycles. The standard InChI is InChI=1S/C14H15F2NO3/c1-8-6-17(7-11(8)14(19)20-2)13(18)10-5-9(15)3-4-12(10)16/h3-5,8,11H,6-7H2,1-2H3. The average Bonchev–Trinajstić information content (AvgIpc) is 2.82. The monoisotopic (exact) mass is 283 g/mol. The molecule has 0 spiro atoms. The number of halogens is 2. The number of hydrogen-bond donors (Lipinski definition) is 0. The molecule has 108 valence electrons. The van der Waals surface area contributed by atoms with Crippen molar-refractivity contribution in [1.82, 2.24) is 4.90 Å². The maximum absolute atomic E-state index is 13.6. The van der Waals surface area contributed by atoms with Crippen molar-refractivity contribution in [3.63, 3.8) is 0 Å². The van der Waals surface area contributed by atoms with Gasteiger partial charge in [0.15, 0.2) is 0 Å². The second kappa shape index (κ2) is 5.56. The van der Waals surface area contributed by atoms with Crippen LogP contribution in [0.1, 0.15) is 17.3 Å². The summed E-state index contributed by atoms with van der Waals surface area (Å²) in [5.74, 6) is -2.96. The van der Waals surface area contributed by atoms with Crippen molar-refractivity contribution in [1.29, 1.82) is 0 Å². The lowest BCUT2D eigenvalue weighted by molar-refractivity contribution is -0.146. The number of amides is 1. The smallest absolute Gasteiger partial charge is 0.310 e. The summed E-state index contributed by atoms with van der Waals surface area (Å²) in [6.07, 6.45) is 0. The molecule has 1 aliphatic heterocycles. The lowest BCUT2D eigenvalue weighted by Crippen LogP contribution is -2.31. The third-order valence-electron chi connectivity index (χ3n) is 3.56. The van der Waals surface area contributed by atoms with E-state index in [1.54, 1.807) is 0 Å². The van der Waals surface area contributed by atoms with Gasteiger partial charge < -0.3 is 9.64 Å². The quantitative estimate of drug-likeness (QED) is 0.778. The van der Waals surface area contributed by atoms with Gasteiger partial charge in [0.05, 0.1) is 18.6 Å². The first-order valence-corrected chi connectivity index (χ1v) is 6.26. The highest BCUT2D eigenvalue weighted by Crippen LogP contribution is 2.26. The summed E-state index contributed by atoms with van der Waals surface area (Å²) in [6, 6.07) is 2.74. The van der Waals surface area contributed by atoms with Crippen LogP contribution < -0.4 is 0 Å². The number of esters is 1. The zero-order valence-corrected chi connectivity index (χ0v) is 11.2. The molecule has 1 heterocycles. The molecule has 0 N–H and O–H groups in total. The van der Waals surface area contributed by atoms with E-state index in [1.165, 1.54) is 12.0 Å². The van der Waals surface area contributed by atoms with Gasteiger partial charge in [-0.1, -0.05) is 6.92 Å². The Morgan fingerprint density at radius 2 is 2.00 bits per heavy atom. The molecule has 1 aromatic rings. The van der Waals surface area contributed by atoms with E-state index in [-0.39, 0.29) is 18.0 Å². The van der Waals surface area contributed by atoms with Crippen molar-refractivity contribution >= 4 is 11.9 Å². The minimum Gasteiger partial charge on any atom is -0.469 e. The maximum atomic E-state index is 13.6. The van der Waals surface area contributed by atoms with Crippen LogP contribution in [-0.4, -0.2) is 37.0 Å². The summed E-state index contributed by atoms with van der Waals surface area (Å²) >= 11 is 0. The van der Waals surface area contributed by atoms with Gasteiger partial charge in [-0.25, -0.2) is 8.78 Å². The Kier molecular flexibility index (Phi) is 4.01. The Bertz CT molecular complexity index is 547. The SMILES string of the molecule is COC(=O)C1CN(C(=O)c2cc(F)ccc2F)CC1C. The molecule has 0 aliphatic carbocycles. The van der Waals surface area contributed by atoms with E-state index in [4.69, 9.17) is 0 Å². The topological polar surface area (TPSA) is 46.6 Å². The van der Waals surface area contributed by atoms with Crippen LogP contribution >= 0.6 is 0 Å². The van der Waals surface area contributed by atoms with Crippen molar-refractivity contribution in [3.05, 3.63) is 35.4 Å². The number of rotatable bonds is 2. The number of benzene rings is 1. The molecule has 2 rings (SSSR count). The van der Waals surface area contributed by atoms with Crippen molar-refractivity contribution in [2.24, 2.45) is 11.8 Å². The fourth-order valence-electron chi connectivity index (χ4n) is 2.42. The molecule has 6 heteroatoms. The maximum Gasteiger partial charge on any atom is 0.310 e. The molecule has 0 aromatic heterocycles. The average molecular weight is 283 g/mol. The van der Waals surface area contributed by atoms with Crippen molar-refractivity contribution in [3.8, 4) is 0 Å². The van der Waals surface area contributed by atoms with Crippen LogP contribution in [0.15, 0.2) is 18.2 Å². The number of carbonyl (C=O) groups excluding carboxylic acids is 2. The molecule has 0 bridgehead atoms. The summed E-state index contributed by atoms with van der Waals surface area (Å²) in [5.41, 5.74) is -0.317. The zero-order valence-electron chi connectivity index (χ0n) is 11.2. The fraction of sp³-hybridized carbons (Fsp3) is 0.429. The summed E-state index contributed by atoms with van der Waals surface area (Å²) < 4.78 is 31.4. The summed E-state index contributed by atoms with van der Waals surface area (Å²) in [5, 5.41) is 0. The number of methoxy groups -OCH3 is 1. The number of likely N-dealkylation sites (tertiary alicyclic amines) is 1. The van der Waals surface area contributed by atoms with Crippen LogP contribution in [0.5, 0.6) is 0 Å². The lowest BCUT2D eigenvalue weighted by atomic mass is 9.99. The number of hydrogen-bond acceptors (Lipinski definition) is 3. The highest BCUT2D eigenvalue weighted by Gasteiger charge is 2.38. The van der Waals surface area contributed by atoms with E-state index >= 15 is 0 Å². The number of ether oxygens (including phenoxy) is 1. The van der Waals surface area contributed by atoms with Gasteiger partial charge in [0.2, 0.25) is 0 Å². The molecule has 1 fully saturated rings. The summed E-state index contributed by atoms with van der Waals surface area (Å²) in [7, 11) is 1.28. The molecule has 1 aromatic carbocycles. The molecule has 1 aliphatic rings. The van der Waals surface area contributed by atoms with Gasteiger partial charge in [0.1, 0.15) is 11.6 Å². The largest absolute Gasteiger partial charge is 0.469 e. The van der Waals surface area contributed by atoms with Gasteiger partial charge in [0.25, 0.3) is 5.91 Å². The van der Waals surface area contributed by atoms with Gasteiger partial charge in [-0.2, -0.15) is 0 Å². The minimum absolute atomic E-state index is 0.0805. The fourth-order valence-corrected chi connectivity index (χ4v) is 2.42. The van der Waals surface area contributed by atoms with E-state index in [1.807, 2.05) is 6.92 Å². The van der Waals surface area contributed by atoms with Gasteiger partial charge in [-0.05, 0) is 24.1 Å². The molecule has 0 saturated carbocycles. The molecule has 2 atom stereocenters. The van der Waals surface area contributed by atoms with Crippen LogP contribution in [0.3, 0.4) is 0 Å². The third kappa shape index (κ3) is 2.64. The highest BCUT2D eigenvalue weighted by molar-refractivity contribution is 5.95. The van der Waals surface area contributed by atoms with E-state index in [9.17, 15) is 18.4 Å². The van der Waals surface area contributed by atoms with Crippen LogP contribution in [-0.2, 0) is 9.53 Å². The van der Waals surface area contributed by atoms with Crippen LogP contribution in [0, 0.1) is 23.5 Å². The van der Waals surface area contributed by atoms with E-state index in [0.29, 0.717) is 6.54 Å². The molecule has 0 radical (unpaired) electrons. The van der Waals surface area contributed by atoms with Gasteiger partial charge in [0, 0.05) is 13.1 Å². The van der Waals surface area contributed by atoms with Crippen molar-refractivity contribution in [2.75, 3.05) is 20.2 Å². The second-order valence-electron chi connectivity index (χ2n) is 4.94. The Morgan fingerprint density at radius 1 is 1.30 bits per heavy atom. The molecular formula is C14H15F2NO3. The molecule has 20 heavy (non-hydrogen) atoms. The Hall–Kier alpha value is -1.98. The molecule has 4 nitrogen and oxygen atoms in total. The lowest BCUT2D eigenvalue weighted by Gasteiger charge is -2.16. The number of nitrogens with zero attached hydrogens (tertiary/aromatic N) is 1. The Labute approximate surface area is 115 Å². The Balaban J connectivity index is 2.19. The van der Waals surface area contributed by atoms with Crippen LogP contribution in [0.25, 0.3) is 0 Å². The predicted molar refractivity (Wildman–Crippen MR) is 66.9 cm³/mol. The first kappa shape index (κ1) is 14.4. The number of carbonyl (C=O) groups is 2. The zero-order chi connectivity index (χ0) is 14.9. The van der Waals surface area contributed by atoms with Crippen LogP contribution in [0.2, 0.25) is 0 Å². The normalized spacial score (nSPS) is 21.9. The Morgan fingerprint density at radius 3 is 2.65 bits per heavy atom. The predicted octanol–water partition coefficient (Wildman–Crippen LogP) is 1.85. The first-order valence-electron chi connectivity index (χ1n) is 6.26. The molecular weight excluding hydrogens is 268 g/mol. The van der Waals surface area contributed by atoms with Crippen LogP contribution in [0.4, 0.5) is 8.78 Å². The van der Waals surface area contributed by atoms with E-state index in [0.717, 1.165) is 18.2 Å². The van der Waals surface area contributed by atoms with Gasteiger partial charge in [-0.15, -0.1) is 0 Å². The second-order valence-corrected chi connectivity index (χ2v) is 4.94. The third-order valence-corrected chi connectivity index (χ3v) is 3.56. The molecule has 2 unspecified atom stereocenters. The first-order chi connectivity index (χ1) is 9.43. The van der Waals surface area contributed by atoms with Gasteiger partial charge >= 0.3 is 5.97 Å². The summed E-state index contributed by atoms with van der Waals surface area (Å²) in [4.78, 5) is 25.1. The van der Waals surface area contributed by atoms with Crippen molar-refractivity contribution in [2.45, 2.75) is 6.92 Å². The highest BCUT2D eigenvalue weighted by atomic mass is 19.1.